The summed E-state index contributed by atoms with van der Waals surface area (Å²) in [6, 6.07) is 7.07. The molecule has 0 N–H and O–H groups in total. The van der Waals surface area contributed by atoms with Crippen molar-refractivity contribution >= 4 is 29.0 Å². The average Bonchev–Trinajstić information content (AvgIpc) is 3.28. The molecule has 2 aromatic rings. The van der Waals surface area contributed by atoms with E-state index in [1.807, 2.05) is 11.0 Å². The molecule has 0 saturated heterocycles. The molecule has 0 radical (unpaired) electrons. The third-order valence-electron chi connectivity index (χ3n) is 5.09. The van der Waals surface area contributed by atoms with Crippen LogP contribution in [0.2, 0.25) is 0 Å². The SMILES string of the molecule is COc1c(OCC(=O)N(C)C)ccc2c1N=C(CC(=O)c1cccnc1)N1CCN=C21. The Bertz CT molecular complexity index is 1080. The number of ether oxygens (including phenoxy) is 2. The Labute approximate surface area is 180 Å². The lowest BCUT2D eigenvalue weighted by Crippen LogP contribution is -2.38. The summed E-state index contributed by atoms with van der Waals surface area (Å²) in [5, 5.41) is 0. The number of hydrogen-bond donors (Lipinski definition) is 0. The number of fused-ring (bicyclic) bond motifs is 3. The Balaban J connectivity index is 1.69. The summed E-state index contributed by atoms with van der Waals surface area (Å²) < 4.78 is 11.3. The van der Waals surface area contributed by atoms with Gasteiger partial charge < -0.3 is 19.3 Å². The molecular formula is C22H23N5O4. The highest BCUT2D eigenvalue weighted by Gasteiger charge is 2.33. The average molecular weight is 421 g/mol. The fourth-order valence-electron chi connectivity index (χ4n) is 3.45. The second kappa shape index (κ2) is 8.55. The van der Waals surface area contributed by atoms with Gasteiger partial charge in [0.25, 0.3) is 5.91 Å². The number of aromatic nitrogens is 1. The number of pyridine rings is 1. The first-order chi connectivity index (χ1) is 15.0. The minimum absolute atomic E-state index is 0.0792. The number of Topliss-reactive ketones (excluding diaryl/α,β-unsaturated/α-hetero) is 1. The predicted molar refractivity (Wildman–Crippen MR) is 116 cm³/mol. The van der Waals surface area contributed by atoms with Crippen LogP contribution in [0.3, 0.4) is 0 Å². The van der Waals surface area contributed by atoms with Crippen molar-refractivity contribution in [3.05, 3.63) is 47.8 Å². The molecule has 0 atom stereocenters. The molecule has 1 aromatic carbocycles. The van der Waals surface area contributed by atoms with Gasteiger partial charge in [-0.15, -0.1) is 0 Å². The lowest BCUT2D eigenvalue weighted by atomic mass is 10.0. The minimum Gasteiger partial charge on any atom is -0.491 e. The zero-order valence-electron chi connectivity index (χ0n) is 17.7. The number of carbonyl (C=O) groups excluding carboxylic acids is 2. The Morgan fingerprint density at radius 2 is 2.06 bits per heavy atom. The summed E-state index contributed by atoms with van der Waals surface area (Å²) in [5.74, 6) is 1.92. The van der Waals surface area contributed by atoms with Gasteiger partial charge in [0, 0.05) is 44.2 Å². The van der Waals surface area contributed by atoms with Crippen LogP contribution in [0.25, 0.3) is 0 Å². The summed E-state index contributed by atoms with van der Waals surface area (Å²) in [4.78, 5) is 41.5. The van der Waals surface area contributed by atoms with Gasteiger partial charge in [-0.05, 0) is 24.3 Å². The minimum atomic E-state index is -0.169. The topological polar surface area (TPSA) is 96.7 Å². The number of nitrogens with zero attached hydrogens (tertiary/aromatic N) is 5. The molecule has 9 nitrogen and oxygen atoms in total. The number of methoxy groups -OCH3 is 1. The van der Waals surface area contributed by atoms with Crippen LogP contribution >= 0.6 is 0 Å². The predicted octanol–water partition coefficient (Wildman–Crippen LogP) is 1.94. The first kappa shape index (κ1) is 20.5. The maximum atomic E-state index is 12.8. The summed E-state index contributed by atoms with van der Waals surface area (Å²) in [7, 11) is 4.85. The molecule has 0 fully saturated rings. The van der Waals surface area contributed by atoms with E-state index in [4.69, 9.17) is 14.5 Å². The number of benzene rings is 1. The highest BCUT2D eigenvalue weighted by atomic mass is 16.5. The van der Waals surface area contributed by atoms with E-state index in [2.05, 4.69) is 9.98 Å². The van der Waals surface area contributed by atoms with E-state index in [9.17, 15) is 9.59 Å². The van der Waals surface area contributed by atoms with Gasteiger partial charge in [-0.2, -0.15) is 0 Å². The molecule has 9 heteroatoms. The molecule has 0 spiro atoms. The first-order valence-electron chi connectivity index (χ1n) is 9.86. The van der Waals surface area contributed by atoms with E-state index in [0.29, 0.717) is 41.7 Å². The highest BCUT2D eigenvalue weighted by Crippen LogP contribution is 2.43. The fraction of sp³-hybridized carbons (Fsp3) is 0.318. The van der Waals surface area contributed by atoms with Crippen LogP contribution in [0.4, 0.5) is 5.69 Å². The van der Waals surface area contributed by atoms with Crippen LogP contribution in [0, 0.1) is 0 Å². The van der Waals surface area contributed by atoms with Crippen LogP contribution in [0.5, 0.6) is 11.5 Å². The number of carbonyl (C=O) groups is 2. The van der Waals surface area contributed by atoms with Crippen LogP contribution < -0.4 is 9.47 Å². The number of hydrogen-bond acceptors (Lipinski definition) is 8. The Kier molecular flexibility index (Phi) is 5.66. The summed E-state index contributed by atoms with van der Waals surface area (Å²) in [5.41, 5.74) is 1.88. The molecule has 0 saturated carbocycles. The van der Waals surface area contributed by atoms with Crippen LogP contribution in [-0.4, -0.2) is 79.0 Å². The summed E-state index contributed by atoms with van der Waals surface area (Å²) in [6.45, 7) is 1.16. The molecule has 0 bridgehead atoms. The second-order valence-electron chi connectivity index (χ2n) is 7.30. The number of rotatable bonds is 7. The van der Waals surface area contributed by atoms with Gasteiger partial charge in [0.1, 0.15) is 17.4 Å². The van der Waals surface area contributed by atoms with Crippen molar-refractivity contribution < 1.29 is 19.1 Å². The van der Waals surface area contributed by atoms with Crippen molar-refractivity contribution in [1.82, 2.24) is 14.8 Å². The summed E-state index contributed by atoms with van der Waals surface area (Å²) >= 11 is 0. The monoisotopic (exact) mass is 421 g/mol. The Hall–Kier alpha value is -3.75. The fourth-order valence-corrected chi connectivity index (χ4v) is 3.45. The molecule has 3 heterocycles. The van der Waals surface area contributed by atoms with Crippen molar-refractivity contribution in [1.29, 1.82) is 0 Å². The van der Waals surface area contributed by atoms with Crippen molar-refractivity contribution in [2.45, 2.75) is 6.42 Å². The zero-order chi connectivity index (χ0) is 22.0. The van der Waals surface area contributed by atoms with Crippen LogP contribution in [0.15, 0.2) is 46.6 Å². The van der Waals surface area contributed by atoms with Crippen molar-refractivity contribution in [2.24, 2.45) is 9.98 Å². The molecule has 0 aliphatic carbocycles. The number of amides is 1. The molecule has 2 aliphatic heterocycles. The van der Waals surface area contributed by atoms with Gasteiger partial charge in [-0.25, -0.2) is 4.99 Å². The quantitative estimate of drug-likeness (QED) is 0.634. The number of likely N-dealkylation sites (N-methyl/N-ethyl adjacent to an activating group) is 1. The lowest BCUT2D eigenvalue weighted by molar-refractivity contribution is -0.130. The van der Waals surface area contributed by atoms with Gasteiger partial charge in [0.2, 0.25) is 0 Å². The van der Waals surface area contributed by atoms with E-state index < -0.39 is 0 Å². The molecule has 1 aromatic heterocycles. The molecule has 4 rings (SSSR count). The van der Waals surface area contributed by atoms with E-state index >= 15 is 0 Å². The maximum absolute atomic E-state index is 12.8. The Morgan fingerprint density at radius 3 is 2.77 bits per heavy atom. The molecule has 160 valence electrons. The van der Waals surface area contributed by atoms with Gasteiger partial charge in [0.05, 0.1) is 20.1 Å². The first-order valence-corrected chi connectivity index (χ1v) is 9.86. The molecule has 2 aliphatic rings. The van der Waals surface area contributed by atoms with Crippen LogP contribution in [0.1, 0.15) is 22.3 Å². The van der Waals surface area contributed by atoms with E-state index in [1.54, 1.807) is 44.7 Å². The maximum Gasteiger partial charge on any atom is 0.259 e. The standard InChI is InChI=1S/C22H23N5O4/c1-26(2)19(29)13-31-17-7-6-15-20(21(17)30-3)25-18(27-10-9-24-22(15)27)11-16(28)14-5-4-8-23-12-14/h4-8,12H,9-11,13H2,1-3H3. The van der Waals surface area contributed by atoms with Crippen molar-refractivity contribution in [2.75, 3.05) is 40.9 Å². The molecular weight excluding hydrogens is 398 g/mol. The highest BCUT2D eigenvalue weighted by molar-refractivity contribution is 6.21. The lowest BCUT2D eigenvalue weighted by Gasteiger charge is -2.28. The third-order valence-corrected chi connectivity index (χ3v) is 5.09. The van der Waals surface area contributed by atoms with Gasteiger partial charge in [0.15, 0.2) is 23.9 Å². The molecule has 1 amide bonds. The normalized spacial score (nSPS) is 14.2. The van der Waals surface area contributed by atoms with Crippen molar-refractivity contribution in [3.63, 3.8) is 0 Å². The van der Waals surface area contributed by atoms with Crippen LogP contribution in [-0.2, 0) is 4.79 Å². The van der Waals surface area contributed by atoms with E-state index in [-0.39, 0.29) is 24.7 Å². The smallest absolute Gasteiger partial charge is 0.259 e. The third kappa shape index (κ3) is 3.98. The molecule has 0 unspecified atom stereocenters. The van der Waals surface area contributed by atoms with Gasteiger partial charge in [-0.1, -0.05) is 0 Å². The largest absolute Gasteiger partial charge is 0.491 e. The van der Waals surface area contributed by atoms with Gasteiger partial charge in [-0.3, -0.25) is 19.6 Å². The van der Waals surface area contributed by atoms with E-state index in [0.717, 1.165) is 11.4 Å². The summed E-state index contributed by atoms with van der Waals surface area (Å²) in [6.07, 6.45) is 3.29. The van der Waals surface area contributed by atoms with E-state index in [1.165, 1.54) is 12.0 Å². The number of aliphatic imine (C=N–C) groups is 2. The van der Waals surface area contributed by atoms with Crippen molar-refractivity contribution in [3.8, 4) is 11.5 Å². The second-order valence-corrected chi connectivity index (χ2v) is 7.30. The Morgan fingerprint density at radius 1 is 1.23 bits per heavy atom. The van der Waals surface area contributed by atoms with Gasteiger partial charge >= 0.3 is 0 Å². The number of ketones is 1. The number of amidine groups is 2. The molecule has 31 heavy (non-hydrogen) atoms. The zero-order valence-corrected chi connectivity index (χ0v) is 17.7.